The van der Waals surface area contributed by atoms with Crippen molar-refractivity contribution in [2.45, 2.75) is 58.5 Å². The molecule has 212 valence electrons. The van der Waals surface area contributed by atoms with Crippen LogP contribution in [-0.4, -0.2) is 80.1 Å². The van der Waals surface area contributed by atoms with E-state index >= 15 is 0 Å². The summed E-state index contributed by atoms with van der Waals surface area (Å²) >= 11 is 0. The number of rotatable bonds is 17. The summed E-state index contributed by atoms with van der Waals surface area (Å²) in [6.45, 7) is 5.84. The first kappa shape index (κ1) is 30.3. The minimum atomic E-state index is -3.63. The van der Waals surface area contributed by atoms with Gasteiger partial charge in [0.2, 0.25) is 15.9 Å². The van der Waals surface area contributed by atoms with Gasteiger partial charge >= 0.3 is 0 Å². The van der Waals surface area contributed by atoms with Gasteiger partial charge in [-0.1, -0.05) is 51.2 Å². The fraction of sp³-hybridized carbons (Fsp3) is 0.607. The first-order chi connectivity index (χ1) is 18.4. The van der Waals surface area contributed by atoms with E-state index in [0.717, 1.165) is 50.8 Å². The van der Waals surface area contributed by atoms with Gasteiger partial charge < -0.3 is 14.1 Å². The highest BCUT2D eigenvalue weighted by Crippen LogP contribution is 2.15. The summed E-state index contributed by atoms with van der Waals surface area (Å²) in [4.78, 5) is 17.3. The van der Waals surface area contributed by atoms with E-state index < -0.39 is 10.0 Å². The predicted molar refractivity (Wildman–Crippen MR) is 145 cm³/mol. The average Bonchev–Trinajstić information content (AvgIpc) is 3.43. The molecule has 0 bridgehead atoms. The largest absolute Gasteiger partial charge is 0.467 e. The molecule has 0 spiro atoms. The van der Waals surface area contributed by atoms with Crippen molar-refractivity contribution in [3.63, 3.8) is 0 Å². The molecule has 1 fully saturated rings. The standard InChI is InChI=1S/C28H42FN3O5S/c1-2-3-4-5-6-7-21-38(34,35)32(15-14-30-16-19-36-20-17-30)24-28(33)31(23-27-9-8-18-37-27)22-25-10-12-26(29)13-11-25/h8-13,18H,2-7,14-17,19-24H2,1H3. The van der Waals surface area contributed by atoms with Crippen molar-refractivity contribution < 1.29 is 26.8 Å². The minimum absolute atomic E-state index is 0.0334. The summed E-state index contributed by atoms with van der Waals surface area (Å²) in [5.74, 6) is -0.0479. The second-order valence-corrected chi connectivity index (χ2v) is 11.9. The van der Waals surface area contributed by atoms with E-state index in [-0.39, 0.29) is 43.7 Å². The van der Waals surface area contributed by atoms with E-state index in [0.29, 0.717) is 31.9 Å². The van der Waals surface area contributed by atoms with Crippen LogP contribution in [0.4, 0.5) is 4.39 Å². The molecule has 38 heavy (non-hydrogen) atoms. The smallest absolute Gasteiger partial charge is 0.238 e. The fourth-order valence-electron chi connectivity index (χ4n) is 4.47. The van der Waals surface area contributed by atoms with Crippen LogP contribution in [0.25, 0.3) is 0 Å². The Morgan fingerprint density at radius 1 is 1.00 bits per heavy atom. The highest BCUT2D eigenvalue weighted by Gasteiger charge is 2.28. The molecule has 1 aromatic heterocycles. The van der Waals surface area contributed by atoms with Crippen LogP contribution in [-0.2, 0) is 32.6 Å². The molecule has 1 aliphatic heterocycles. The van der Waals surface area contributed by atoms with Crippen molar-refractivity contribution in [2.24, 2.45) is 0 Å². The van der Waals surface area contributed by atoms with Crippen LogP contribution in [0.15, 0.2) is 47.1 Å². The topological polar surface area (TPSA) is 83.3 Å². The third-order valence-corrected chi connectivity index (χ3v) is 8.70. The van der Waals surface area contributed by atoms with E-state index in [1.807, 2.05) is 0 Å². The second kappa shape index (κ2) is 16.0. The highest BCUT2D eigenvalue weighted by atomic mass is 32.2. The van der Waals surface area contributed by atoms with Gasteiger partial charge in [-0.2, -0.15) is 4.31 Å². The number of morpholine rings is 1. The number of carbonyl (C=O) groups excluding carboxylic acids is 1. The van der Waals surface area contributed by atoms with E-state index in [2.05, 4.69) is 11.8 Å². The van der Waals surface area contributed by atoms with Crippen molar-refractivity contribution in [1.82, 2.24) is 14.1 Å². The van der Waals surface area contributed by atoms with Gasteiger partial charge in [0.25, 0.3) is 0 Å². The lowest BCUT2D eigenvalue weighted by Crippen LogP contribution is -2.47. The summed E-state index contributed by atoms with van der Waals surface area (Å²) in [5.41, 5.74) is 0.751. The molecule has 10 heteroatoms. The number of carbonyl (C=O) groups is 1. The number of ether oxygens (including phenoxy) is 1. The quantitative estimate of drug-likeness (QED) is 0.273. The number of amides is 1. The van der Waals surface area contributed by atoms with E-state index in [4.69, 9.17) is 9.15 Å². The maximum absolute atomic E-state index is 13.6. The summed E-state index contributed by atoms with van der Waals surface area (Å²) < 4.78 is 52.5. The lowest BCUT2D eigenvalue weighted by atomic mass is 10.1. The molecule has 1 amide bonds. The van der Waals surface area contributed by atoms with E-state index in [9.17, 15) is 17.6 Å². The van der Waals surface area contributed by atoms with Crippen molar-refractivity contribution in [3.8, 4) is 0 Å². The fourth-order valence-corrected chi connectivity index (χ4v) is 5.97. The molecular weight excluding hydrogens is 509 g/mol. The Morgan fingerprint density at radius 3 is 2.39 bits per heavy atom. The number of unbranched alkanes of at least 4 members (excludes halogenated alkanes) is 5. The van der Waals surface area contributed by atoms with Gasteiger partial charge in [0.05, 0.1) is 38.3 Å². The van der Waals surface area contributed by atoms with Gasteiger partial charge in [0.1, 0.15) is 11.6 Å². The van der Waals surface area contributed by atoms with Crippen LogP contribution in [0.1, 0.15) is 56.8 Å². The number of hydrogen-bond acceptors (Lipinski definition) is 6. The second-order valence-electron chi connectivity index (χ2n) is 9.83. The third kappa shape index (κ3) is 10.5. The molecular formula is C28H42FN3O5S. The van der Waals surface area contributed by atoms with Crippen LogP contribution < -0.4 is 0 Å². The maximum atomic E-state index is 13.6. The van der Waals surface area contributed by atoms with Crippen LogP contribution in [0.5, 0.6) is 0 Å². The molecule has 1 aromatic carbocycles. The van der Waals surface area contributed by atoms with Crippen LogP contribution in [0, 0.1) is 5.82 Å². The van der Waals surface area contributed by atoms with Gasteiger partial charge in [-0.25, -0.2) is 12.8 Å². The zero-order valence-corrected chi connectivity index (χ0v) is 23.3. The van der Waals surface area contributed by atoms with Crippen molar-refractivity contribution in [2.75, 3.05) is 51.7 Å². The zero-order valence-electron chi connectivity index (χ0n) is 22.5. The Hall–Kier alpha value is -2.27. The Morgan fingerprint density at radius 2 is 1.71 bits per heavy atom. The molecule has 0 aliphatic carbocycles. The Balaban J connectivity index is 1.70. The normalized spacial score (nSPS) is 14.7. The minimum Gasteiger partial charge on any atom is -0.467 e. The Kier molecular flexibility index (Phi) is 12.7. The number of furan rings is 1. The van der Waals surface area contributed by atoms with Crippen LogP contribution in [0.3, 0.4) is 0 Å². The molecule has 2 aromatic rings. The molecule has 0 atom stereocenters. The van der Waals surface area contributed by atoms with Gasteiger partial charge in [0.15, 0.2) is 0 Å². The number of sulfonamides is 1. The summed E-state index contributed by atoms with van der Waals surface area (Å²) in [6.07, 6.45) is 7.41. The lowest BCUT2D eigenvalue weighted by Gasteiger charge is -2.31. The third-order valence-electron chi connectivity index (χ3n) is 6.80. The zero-order chi connectivity index (χ0) is 27.2. The number of hydrogen-bond donors (Lipinski definition) is 0. The predicted octanol–water partition coefficient (Wildman–Crippen LogP) is 4.27. The van der Waals surface area contributed by atoms with Crippen molar-refractivity contribution >= 4 is 15.9 Å². The first-order valence-electron chi connectivity index (χ1n) is 13.7. The number of benzene rings is 1. The van der Waals surface area contributed by atoms with Crippen molar-refractivity contribution in [3.05, 3.63) is 59.8 Å². The Labute approximate surface area is 226 Å². The van der Waals surface area contributed by atoms with Crippen LogP contribution >= 0.6 is 0 Å². The molecule has 2 heterocycles. The van der Waals surface area contributed by atoms with Gasteiger partial charge in [-0.15, -0.1) is 0 Å². The summed E-state index contributed by atoms with van der Waals surface area (Å²) in [6, 6.07) is 9.48. The average molecular weight is 552 g/mol. The lowest BCUT2D eigenvalue weighted by molar-refractivity contribution is -0.133. The molecule has 1 saturated heterocycles. The van der Waals surface area contributed by atoms with Gasteiger partial charge in [-0.05, 0) is 36.2 Å². The van der Waals surface area contributed by atoms with Crippen LogP contribution in [0.2, 0.25) is 0 Å². The molecule has 1 aliphatic rings. The van der Waals surface area contributed by atoms with E-state index in [1.54, 1.807) is 29.2 Å². The van der Waals surface area contributed by atoms with Gasteiger partial charge in [-0.3, -0.25) is 9.69 Å². The molecule has 8 nitrogen and oxygen atoms in total. The maximum Gasteiger partial charge on any atom is 0.238 e. The molecule has 3 rings (SSSR count). The molecule has 0 saturated carbocycles. The van der Waals surface area contributed by atoms with E-state index in [1.165, 1.54) is 22.7 Å². The Bertz CT molecular complexity index is 1040. The number of nitrogens with zero attached hydrogens (tertiary/aromatic N) is 3. The molecule has 0 N–H and O–H groups in total. The molecule has 0 unspecified atom stereocenters. The van der Waals surface area contributed by atoms with Crippen molar-refractivity contribution in [1.29, 1.82) is 0 Å². The summed E-state index contributed by atoms with van der Waals surface area (Å²) in [7, 11) is -3.63. The highest BCUT2D eigenvalue weighted by molar-refractivity contribution is 7.89. The van der Waals surface area contributed by atoms with Gasteiger partial charge in [0, 0.05) is 32.7 Å². The first-order valence-corrected chi connectivity index (χ1v) is 15.3. The number of halogens is 1. The summed E-state index contributed by atoms with van der Waals surface area (Å²) in [5, 5.41) is 0. The monoisotopic (exact) mass is 551 g/mol. The molecule has 0 radical (unpaired) electrons. The SMILES string of the molecule is CCCCCCCCS(=O)(=O)N(CCN1CCOCC1)CC(=O)N(Cc1ccc(F)cc1)Cc1ccco1.